The number of carboxylic acid groups (broad SMARTS) is 1. The molecule has 0 saturated heterocycles. The van der Waals surface area contributed by atoms with Crippen molar-refractivity contribution >= 4 is 18.0 Å². The molecule has 182 valence electrons. The number of likely N-dealkylation sites (N-methyl/N-ethyl adjacent to an activating group) is 1. The molecular weight excluding hydrogens is 432 g/mol. The topological polar surface area (TPSA) is 95.9 Å². The molecule has 0 heterocycles. The maximum absolute atomic E-state index is 12.9. The van der Waals surface area contributed by atoms with Gasteiger partial charge in [0.2, 0.25) is 5.91 Å². The molecule has 7 nitrogen and oxygen atoms in total. The van der Waals surface area contributed by atoms with E-state index >= 15 is 0 Å². The van der Waals surface area contributed by atoms with E-state index in [0.29, 0.717) is 25.8 Å². The largest absolute Gasteiger partial charge is 0.481 e. The number of hydrogen-bond donors (Lipinski definition) is 2. The van der Waals surface area contributed by atoms with Crippen molar-refractivity contribution in [1.82, 2.24) is 10.2 Å². The SMILES string of the molecule is CCCC[C@H](NC(=O)OCC1c2ccccc2-c2ccccc21)C(=O)N(C)CCCCC(=O)O. The van der Waals surface area contributed by atoms with E-state index in [9.17, 15) is 14.4 Å². The quantitative estimate of drug-likeness (QED) is 0.438. The minimum atomic E-state index is -0.841. The van der Waals surface area contributed by atoms with E-state index in [1.54, 1.807) is 11.9 Å². The Hall–Kier alpha value is -3.35. The molecule has 2 aromatic rings. The van der Waals surface area contributed by atoms with Crippen LogP contribution in [-0.4, -0.2) is 54.2 Å². The molecule has 3 rings (SSSR count). The van der Waals surface area contributed by atoms with Crippen LogP contribution in [0.5, 0.6) is 0 Å². The van der Waals surface area contributed by atoms with Crippen molar-refractivity contribution in [3.63, 3.8) is 0 Å². The Morgan fingerprint density at radius 3 is 2.21 bits per heavy atom. The molecule has 34 heavy (non-hydrogen) atoms. The summed E-state index contributed by atoms with van der Waals surface area (Å²) < 4.78 is 5.62. The highest BCUT2D eigenvalue weighted by Crippen LogP contribution is 2.44. The lowest BCUT2D eigenvalue weighted by molar-refractivity contribution is -0.137. The van der Waals surface area contributed by atoms with E-state index in [1.807, 2.05) is 31.2 Å². The summed E-state index contributed by atoms with van der Waals surface area (Å²) in [5.74, 6) is -1.07. The van der Waals surface area contributed by atoms with Crippen molar-refractivity contribution in [2.75, 3.05) is 20.2 Å². The molecule has 0 aliphatic heterocycles. The van der Waals surface area contributed by atoms with Crippen LogP contribution in [-0.2, 0) is 14.3 Å². The Morgan fingerprint density at radius 1 is 1.00 bits per heavy atom. The summed E-state index contributed by atoms with van der Waals surface area (Å²) in [5.41, 5.74) is 4.59. The van der Waals surface area contributed by atoms with Gasteiger partial charge in [-0.3, -0.25) is 9.59 Å². The number of carboxylic acids is 1. The number of nitrogens with zero attached hydrogens (tertiary/aromatic N) is 1. The summed E-state index contributed by atoms with van der Waals surface area (Å²) >= 11 is 0. The average Bonchev–Trinajstić information content (AvgIpc) is 3.16. The van der Waals surface area contributed by atoms with Gasteiger partial charge in [-0.25, -0.2) is 4.79 Å². The Kier molecular flexibility index (Phi) is 9.08. The maximum atomic E-state index is 12.9. The summed E-state index contributed by atoms with van der Waals surface area (Å²) in [6.07, 6.45) is 2.81. The number of aliphatic carboxylic acids is 1. The molecule has 1 aliphatic rings. The zero-order valence-corrected chi connectivity index (χ0v) is 20.0. The third-order valence-electron chi connectivity index (χ3n) is 6.29. The zero-order valence-electron chi connectivity index (χ0n) is 20.0. The van der Waals surface area contributed by atoms with Gasteiger partial charge in [0.1, 0.15) is 12.6 Å². The molecule has 1 atom stereocenters. The molecule has 2 N–H and O–H groups in total. The highest BCUT2D eigenvalue weighted by molar-refractivity contribution is 5.85. The summed E-state index contributed by atoms with van der Waals surface area (Å²) in [6, 6.07) is 15.6. The number of benzene rings is 2. The lowest BCUT2D eigenvalue weighted by atomic mass is 9.98. The average molecular weight is 467 g/mol. The normalized spacial score (nSPS) is 13.0. The molecule has 1 aliphatic carbocycles. The number of hydrogen-bond acceptors (Lipinski definition) is 4. The van der Waals surface area contributed by atoms with Crippen LogP contribution in [0.25, 0.3) is 11.1 Å². The molecule has 0 unspecified atom stereocenters. The predicted molar refractivity (Wildman–Crippen MR) is 131 cm³/mol. The molecule has 0 bridgehead atoms. The molecule has 0 radical (unpaired) electrons. The molecule has 7 heteroatoms. The van der Waals surface area contributed by atoms with Gasteiger partial charge in [0.25, 0.3) is 0 Å². The van der Waals surface area contributed by atoms with E-state index in [-0.39, 0.29) is 24.9 Å². The van der Waals surface area contributed by atoms with Crippen molar-refractivity contribution in [2.45, 2.75) is 57.4 Å². The first-order valence-electron chi connectivity index (χ1n) is 12.0. The Bertz CT molecular complexity index is 961. The van der Waals surface area contributed by atoms with Gasteiger partial charge in [-0.1, -0.05) is 68.3 Å². The van der Waals surface area contributed by atoms with Gasteiger partial charge in [0.05, 0.1) is 0 Å². The minimum absolute atomic E-state index is 0.0418. The third kappa shape index (κ3) is 6.37. The number of unbranched alkanes of at least 4 members (excludes halogenated alkanes) is 2. The van der Waals surface area contributed by atoms with Gasteiger partial charge in [-0.2, -0.15) is 0 Å². The summed E-state index contributed by atoms with van der Waals surface area (Å²) in [4.78, 5) is 37.9. The number of rotatable bonds is 12. The van der Waals surface area contributed by atoms with Crippen molar-refractivity contribution in [3.05, 3.63) is 59.7 Å². The van der Waals surface area contributed by atoms with Crippen LogP contribution in [0, 0.1) is 0 Å². The number of carbonyl (C=O) groups is 3. The molecular formula is C27H34N2O5. The molecule has 0 aromatic heterocycles. The van der Waals surface area contributed by atoms with Crippen LogP contribution < -0.4 is 5.32 Å². The predicted octanol–water partition coefficient (Wildman–Crippen LogP) is 4.80. The summed E-state index contributed by atoms with van der Waals surface area (Å²) in [6.45, 7) is 2.67. The first-order chi connectivity index (χ1) is 16.4. The Labute approximate surface area is 201 Å². The molecule has 0 saturated carbocycles. The van der Waals surface area contributed by atoms with Crippen molar-refractivity contribution < 1.29 is 24.2 Å². The first-order valence-corrected chi connectivity index (χ1v) is 12.0. The summed E-state index contributed by atoms with van der Waals surface area (Å²) in [7, 11) is 1.68. The fourth-order valence-electron chi connectivity index (χ4n) is 4.45. The molecule has 0 spiro atoms. The monoisotopic (exact) mass is 466 g/mol. The lowest BCUT2D eigenvalue weighted by Gasteiger charge is -2.25. The van der Waals surface area contributed by atoms with Crippen LogP contribution in [0.1, 0.15) is 62.5 Å². The first kappa shape index (κ1) is 25.3. The van der Waals surface area contributed by atoms with Gasteiger partial charge >= 0.3 is 12.1 Å². The van der Waals surface area contributed by atoms with Gasteiger partial charge in [-0.05, 0) is 41.5 Å². The number of fused-ring (bicyclic) bond motifs is 3. The smallest absolute Gasteiger partial charge is 0.407 e. The Morgan fingerprint density at radius 2 is 1.62 bits per heavy atom. The molecule has 2 amide bonds. The van der Waals surface area contributed by atoms with E-state index in [4.69, 9.17) is 9.84 Å². The number of amides is 2. The molecule has 0 fully saturated rings. The highest BCUT2D eigenvalue weighted by Gasteiger charge is 2.30. The summed E-state index contributed by atoms with van der Waals surface area (Å²) in [5, 5.41) is 11.5. The van der Waals surface area contributed by atoms with Crippen LogP contribution in [0.4, 0.5) is 4.79 Å². The van der Waals surface area contributed by atoms with Gasteiger partial charge in [0.15, 0.2) is 0 Å². The third-order valence-corrected chi connectivity index (χ3v) is 6.29. The van der Waals surface area contributed by atoms with Crippen molar-refractivity contribution in [1.29, 1.82) is 0 Å². The highest BCUT2D eigenvalue weighted by atomic mass is 16.5. The van der Waals surface area contributed by atoms with Crippen molar-refractivity contribution in [2.24, 2.45) is 0 Å². The second kappa shape index (κ2) is 12.2. The van der Waals surface area contributed by atoms with E-state index in [1.165, 1.54) is 0 Å². The van der Waals surface area contributed by atoms with Gasteiger partial charge in [0, 0.05) is 25.9 Å². The standard InChI is InChI=1S/C27H34N2O5/c1-3-4-15-24(26(32)29(2)17-10-9-16-25(30)31)28-27(33)34-18-23-21-13-7-5-11-19(21)20-12-6-8-14-22(20)23/h5-8,11-14,23-24H,3-4,9-10,15-18H2,1-2H3,(H,28,33)(H,30,31)/t24-/m0/s1. The zero-order chi connectivity index (χ0) is 24.5. The lowest BCUT2D eigenvalue weighted by Crippen LogP contribution is -2.47. The number of carbonyl (C=O) groups excluding carboxylic acids is 2. The van der Waals surface area contributed by atoms with E-state index in [2.05, 4.69) is 29.6 Å². The van der Waals surface area contributed by atoms with Crippen molar-refractivity contribution in [3.8, 4) is 11.1 Å². The Balaban J connectivity index is 1.58. The van der Waals surface area contributed by atoms with E-state index in [0.717, 1.165) is 35.1 Å². The number of nitrogens with one attached hydrogen (secondary N) is 1. The van der Waals surface area contributed by atoms with Crippen LogP contribution in [0.15, 0.2) is 48.5 Å². The fourth-order valence-corrected chi connectivity index (χ4v) is 4.45. The van der Waals surface area contributed by atoms with Crippen LogP contribution in [0.3, 0.4) is 0 Å². The second-order valence-corrected chi connectivity index (χ2v) is 8.78. The fraction of sp³-hybridized carbons (Fsp3) is 0.444. The van der Waals surface area contributed by atoms with Crippen LogP contribution >= 0.6 is 0 Å². The maximum Gasteiger partial charge on any atom is 0.407 e. The minimum Gasteiger partial charge on any atom is -0.481 e. The second-order valence-electron chi connectivity index (χ2n) is 8.78. The van der Waals surface area contributed by atoms with Gasteiger partial charge in [-0.15, -0.1) is 0 Å². The number of ether oxygens (including phenoxy) is 1. The van der Waals surface area contributed by atoms with Crippen LogP contribution in [0.2, 0.25) is 0 Å². The molecule has 2 aromatic carbocycles. The van der Waals surface area contributed by atoms with E-state index < -0.39 is 18.1 Å². The number of alkyl carbamates (subject to hydrolysis) is 1. The van der Waals surface area contributed by atoms with Gasteiger partial charge < -0.3 is 20.1 Å².